The predicted molar refractivity (Wildman–Crippen MR) is 88.5 cm³/mol. The molecule has 0 aliphatic carbocycles. The van der Waals surface area contributed by atoms with Gasteiger partial charge in [-0.15, -0.1) is 0 Å². The van der Waals surface area contributed by atoms with Gasteiger partial charge >= 0.3 is 0 Å². The van der Waals surface area contributed by atoms with Crippen LogP contribution >= 0.6 is 27.7 Å². The summed E-state index contributed by atoms with van der Waals surface area (Å²) in [5.41, 5.74) is 0. The molecule has 3 nitrogen and oxygen atoms in total. The van der Waals surface area contributed by atoms with Crippen LogP contribution in [0.2, 0.25) is 0 Å². The molecule has 0 radical (unpaired) electrons. The lowest BCUT2D eigenvalue weighted by atomic mass is 10.2. The Morgan fingerprint density at radius 1 is 1.25 bits per heavy atom. The van der Waals surface area contributed by atoms with Gasteiger partial charge < -0.3 is 5.32 Å². The third-order valence-corrected chi connectivity index (χ3v) is 4.59. The third-order valence-electron chi connectivity index (χ3n) is 2.65. The SMILES string of the molecule is CCNc1cc(Sc2ccccc2Br)nc(C(C)C)n1. The number of benzene rings is 1. The number of rotatable bonds is 5. The molecule has 1 heterocycles. The summed E-state index contributed by atoms with van der Waals surface area (Å²) in [7, 11) is 0. The molecule has 0 aliphatic heterocycles. The van der Waals surface area contributed by atoms with E-state index in [4.69, 9.17) is 0 Å². The molecule has 0 amide bonds. The average Bonchev–Trinajstić information content (AvgIpc) is 2.41. The maximum absolute atomic E-state index is 4.64. The lowest BCUT2D eigenvalue weighted by Gasteiger charge is -2.11. The number of hydrogen-bond donors (Lipinski definition) is 1. The standard InChI is InChI=1S/C15H18BrN3S/c1-4-17-13-9-14(19-15(18-13)10(2)3)20-12-8-6-5-7-11(12)16/h5-10H,4H2,1-3H3,(H,17,18,19). The van der Waals surface area contributed by atoms with E-state index >= 15 is 0 Å². The monoisotopic (exact) mass is 351 g/mol. The van der Waals surface area contributed by atoms with Crippen molar-refractivity contribution in [1.29, 1.82) is 0 Å². The Morgan fingerprint density at radius 2 is 2.00 bits per heavy atom. The highest BCUT2D eigenvalue weighted by Crippen LogP contribution is 2.33. The van der Waals surface area contributed by atoms with Crippen LogP contribution in [0, 0.1) is 0 Å². The molecule has 0 aliphatic rings. The summed E-state index contributed by atoms with van der Waals surface area (Å²) in [6.45, 7) is 7.14. The van der Waals surface area contributed by atoms with Crippen molar-refractivity contribution < 1.29 is 0 Å². The molecule has 0 saturated heterocycles. The van der Waals surface area contributed by atoms with Crippen LogP contribution in [0.1, 0.15) is 32.5 Å². The van der Waals surface area contributed by atoms with E-state index in [-0.39, 0.29) is 0 Å². The Balaban J connectivity index is 2.33. The van der Waals surface area contributed by atoms with Gasteiger partial charge in [0.1, 0.15) is 16.7 Å². The van der Waals surface area contributed by atoms with Crippen molar-refractivity contribution in [3.05, 3.63) is 40.6 Å². The lowest BCUT2D eigenvalue weighted by Crippen LogP contribution is -2.05. The highest BCUT2D eigenvalue weighted by atomic mass is 79.9. The Labute approximate surface area is 132 Å². The molecule has 1 aromatic heterocycles. The van der Waals surface area contributed by atoms with Gasteiger partial charge in [-0.25, -0.2) is 9.97 Å². The highest BCUT2D eigenvalue weighted by molar-refractivity contribution is 9.10. The molecule has 0 saturated carbocycles. The summed E-state index contributed by atoms with van der Waals surface area (Å²) in [6.07, 6.45) is 0. The third kappa shape index (κ3) is 3.96. The van der Waals surface area contributed by atoms with Crippen molar-refractivity contribution in [2.24, 2.45) is 0 Å². The molecule has 1 N–H and O–H groups in total. The van der Waals surface area contributed by atoms with Crippen LogP contribution in [0.4, 0.5) is 5.82 Å². The van der Waals surface area contributed by atoms with E-state index in [1.807, 2.05) is 24.3 Å². The van der Waals surface area contributed by atoms with E-state index in [9.17, 15) is 0 Å². The van der Waals surface area contributed by atoms with Crippen LogP contribution in [0.25, 0.3) is 0 Å². The van der Waals surface area contributed by atoms with Crippen LogP contribution in [0.15, 0.2) is 44.7 Å². The van der Waals surface area contributed by atoms with Crippen LogP contribution in [-0.4, -0.2) is 16.5 Å². The van der Waals surface area contributed by atoms with E-state index in [0.29, 0.717) is 5.92 Å². The van der Waals surface area contributed by atoms with Gasteiger partial charge in [0.05, 0.1) is 0 Å². The summed E-state index contributed by atoms with van der Waals surface area (Å²) < 4.78 is 1.08. The van der Waals surface area contributed by atoms with Crippen molar-refractivity contribution in [2.45, 2.75) is 36.6 Å². The van der Waals surface area contributed by atoms with Gasteiger partial charge in [0, 0.05) is 27.9 Å². The fourth-order valence-corrected chi connectivity index (χ4v) is 3.04. The normalized spacial score (nSPS) is 10.8. The van der Waals surface area contributed by atoms with Crippen molar-refractivity contribution in [3.8, 4) is 0 Å². The molecule has 0 atom stereocenters. The van der Waals surface area contributed by atoms with Crippen molar-refractivity contribution in [2.75, 3.05) is 11.9 Å². The van der Waals surface area contributed by atoms with Crippen molar-refractivity contribution in [1.82, 2.24) is 9.97 Å². The van der Waals surface area contributed by atoms with E-state index < -0.39 is 0 Å². The maximum atomic E-state index is 4.64. The Morgan fingerprint density at radius 3 is 2.65 bits per heavy atom. The maximum Gasteiger partial charge on any atom is 0.134 e. The molecule has 0 spiro atoms. The van der Waals surface area contributed by atoms with Gasteiger partial charge in [0.2, 0.25) is 0 Å². The first-order valence-corrected chi connectivity index (χ1v) is 8.26. The lowest BCUT2D eigenvalue weighted by molar-refractivity contribution is 0.754. The first kappa shape index (κ1) is 15.3. The Hall–Kier alpha value is -1.07. The molecule has 0 unspecified atom stereocenters. The fourth-order valence-electron chi connectivity index (χ4n) is 1.67. The van der Waals surface area contributed by atoms with Crippen LogP contribution in [-0.2, 0) is 0 Å². The number of nitrogens with one attached hydrogen (secondary N) is 1. The highest BCUT2D eigenvalue weighted by Gasteiger charge is 2.10. The number of aromatic nitrogens is 2. The van der Waals surface area contributed by atoms with Crippen LogP contribution in [0.3, 0.4) is 0 Å². The smallest absolute Gasteiger partial charge is 0.134 e. The first-order chi connectivity index (χ1) is 9.60. The van der Waals surface area contributed by atoms with Gasteiger partial charge in [-0.2, -0.15) is 0 Å². The van der Waals surface area contributed by atoms with Crippen LogP contribution in [0.5, 0.6) is 0 Å². The molecular formula is C15H18BrN3S. The minimum atomic E-state index is 0.312. The van der Waals surface area contributed by atoms with Gasteiger partial charge in [0.15, 0.2) is 0 Å². The number of anilines is 1. The van der Waals surface area contributed by atoms with Gasteiger partial charge in [0.25, 0.3) is 0 Å². The zero-order valence-corrected chi connectivity index (χ0v) is 14.3. The molecule has 2 aromatic rings. The summed E-state index contributed by atoms with van der Waals surface area (Å²) in [4.78, 5) is 10.3. The first-order valence-electron chi connectivity index (χ1n) is 6.65. The molecule has 20 heavy (non-hydrogen) atoms. The second kappa shape index (κ2) is 7.09. The Kier molecular flexibility index (Phi) is 5.43. The van der Waals surface area contributed by atoms with Crippen molar-refractivity contribution in [3.63, 3.8) is 0 Å². The minimum Gasteiger partial charge on any atom is -0.370 e. The second-order valence-corrected chi connectivity index (χ2v) is 6.58. The molecule has 0 bridgehead atoms. The zero-order chi connectivity index (χ0) is 14.5. The quantitative estimate of drug-likeness (QED) is 0.773. The molecule has 2 rings (SSSR count). The number of halogens is 1. The topological polar surface area (TPSA) is 37.8 Å². The zero-order valence-electron chi connectivity index (χ0n) is 11.9. The molecular weight excluding hydrogens is 334 g/mol. The predicted octanol–water partition coefficient (Wildman–Crippen LogP) is 4.95. The molecule has 106 valence electrons. The molecule has 5 heteroatoms. The van der Waals surface area contributed by atoms with E-state index in [1.54, 1.807) is 11.8 Å². The van der Waals surface area contributed by atoms with E-state index in [1.165, 1.54) is 0 Å². The summed E-state index contributed by atoms with van der Waals surface area (Å²) in [6, 6.07) is 10.2. The summed E-state index contributed by atoms with van der Waals surface area (Å²) in [5, 5.41) is 4.23. The minimum absolute atomic E-state index is 0.312. The van der Waals surface area contributed by atoms with Gasteiger partial charge in [-0.3, -0.25) is 0 Å². The second-order valence-electron chi connectivity index (χ2n) is 4.67. The summed E-state index contributed by atoms with van der Waals surface area (Å²) >= 11 is 5.22. The number of nitrogens with zero attached hydrogens (tertiary/aromatic N) is 2. The molecule has 0 fully saturated rings. The molecule has 1 aromatic carbocycles. The number of hydrogen-bond acceptors (Lipinski definition) is 4. The Bertz CT molecular complexity index is 587. The van der Waals surface area contributed by atoms with Gasteiger partial charge in [-0.1, -0.05) is 37.7 Å². The van der Waals surface area contributed by atoms with Crippen LogP contribution < -0.4 is 5.32 Å². The average molecular weight is 352 g/mol. The summed E-state index contributed by atoms with van der Waals surface area (Å²) in [5.74, 6) is 2.07. The van der Waals surface area contributed by atoms with E-state index in [0.717, 1.165) is 32.6 Å². The largest absolute Gasteiger partial charge is 0.370 e. The van der Waals surface area contributed by atoms with Gasteiger partial charge in [-0.05, 0) is 35.0 Å². The van der Waals surface area contributed by atoms with E-state index in [2.05, 4.69) is 58.1 Å². The fraction of sp³-hybridized carbons (Fsp3) is 0.333. The van der Waals surface area contributed by atoms with Crippen molar-refractivity contribution >= 4 is 33.5 Å².